The van der Waals surface area contributed by atoms with Crippen molar-refractivity contribution in [2.45, 2.75) is 78.6 Å². The highest BCUT2D eigenvalue weighted by Gasteiger charge is 2.27. The summed E-state index contributed by atoms with van der Waals surface area (Å²) in [6.07, 6.45) is 12.9. The van der Waals surface area contributed by atoms with Gasteiger partial charge in [0.15, 0.2) is 5.65 Å². The van der Waals surface area contributed by atoms with Crippen LogP contribution in [0.15, 0.2) is 43.0 Å². The number of allylic oxidation sites excluding steroid dienone is 1. The van der Waals surface area contributed by atoms with Crippen molar-refractivity contribution in [1.82, 2.24) is 24.4 Å². The fraction of sp³-hybridized carbons (Fsp3) is 0.543. The van der Waals surface area contributed by atoms with Crippen LogP contribution in [0.25, 0.3) is 16.8 Å². The normalized spacial score (nSPS) is 19.0. The third-order valence-electron chi connectivity index (χ3n) is 9.97. The van der Waals surface area contributed by atoms with Gasteiger partial charge in [0.05, 0.1) is 0 Å². The lowest BCUT2D eigenvalue weighted by Crippen LogP contribution is -2.34. The topological polar surface area (TPSA) is 48.7 Å². The van der Waals surface area contributed by atoms with Crippen molar-refractivity contribution in [3.63, 3.8) is 0 Å². The number of aromatic nitrogens is 3. The first kappa shape index (κ1) is 28.0. The van der Waals surface area contributed by atoms with Gasteiger partial charge in [0.25, 0.3) is 0 Å². The predicted molar refractivity (Wildman–Crippen MR) is 171 cm³/mol. The van der Waals surface area contributed by atoms with Crippen LogP contribution in [-0.4, -0.2) is 63.7 Å². The standard InChI is InChI=1S/C35H48N6/c1-24(2)34-30-20-29(28-13-18-40(19-14-28)25(3)12-17-39-15-8-6-7-9-16-39)10-11-33(30)36-21-31(34)32-22-41-35(37-23-38-41)27(5)26(32)4/h10-11,20,22-24,28,36H,3,6-9,12-19,21H2,1-2,4-5H3. The maximum absolute atomic E-state index is 4.51. The van der Waals surface area contributed by atoms with Crippen LogP contribution < -0.4 is 5.32 Å². The fourth-order valence-electron chi connectivity index (χ4n) is 7.37. The van der Waals surface area contributed by atoms with Crippen molar-refractivity contribution in [1.29, 1.82) is 0 Å². The van der Waals surface area contributed by atoms with Crippen molar-refractivity contribution in [2.75, 3.05) is 44.6 Å². The Morgan fingerprint density at radius 2 is 1.76 bits per heavy atom. The number of hydrogen-bond acceptors (Lipinski definition) is 5. The molecule has 1 N–H and O–H groups in total. The molecule has 2 saturated heterocycles. The third-order valence-corrected chi connectivity index (χ3v) is 9.97. The van der Waals surface area contributed by atoms with E-state index in [4.69, 9.17) is 0 Å². The van der Waals surface area contributed by atoms with E-state index in [1.807, 2.05) is 4.52 Å². The minimum Gasteiger partial charge on any atom is -0.380 e. The molecule has 0 aliphatic carbocycles. The summed E-state index contributed by atoms with van der Waals surface area (Å²) in [6, 6.07) is 7.21. The highest BCUT2D eigenvalue weighted by molar-refractivity contribution is 6.00. The van der Waals surface area contributed by atoms with Crippen LogP contribution in [0.4, 0.5) is 5.69 Å². The molecule has 0 bridgehead atoms. The lowest BCUT2D eigenvalue weighted by atomic mass is 9.80. The van der Waals surface area contributed by atoms with E-state index in [1.54, 1.807) is 6.33 Å². The Morgan fingerprint density at radius 1 is 1.00 bits per heavy atom. The first-order chi connectivity index (χ1) is 19.9. The monoisotopic (exact) mass is 552 g/mol. The van der Waals surface area contributed by atoms with Crippen molar-refractivity contribution in [3.8, 4) is 0 Å². The summed E-state index contributed by atoms with van der Waals surface area (Å²) in [4.78, 5) is 9.71. The number of rotatable bonds is 7. The average Bonchev–Trinajstić information content (AvgIpc) is 3.31. The van der Waals surface area contributed by atoms with E-state index in [1.165, 1.54) is 109 Å². The molecule has 5 heterocycles. The van der Waals surface area contributed by atoms with Gasteiger partial charge in [-0.2, -0.15) is 5.10 Å². The minimum atomic E-state index is 0.418. The minimum absolute atomic E-state index is 0.418. The average molecular weight is 553 g/mol. The molecule has 2 fully saturated rings. The number of hydrogen-bond donors (Lipinski definition) is 1. The van der Waals surface area contributed by atoms with E-state index in [9.17, 15) is 0 Å². The maximum atomic E-state index is 4.51. The summed E-state index contributed by atoms with van der Waals surface area (Å²) >= 11 is 0. The first-order valence-electron chi connectivity index (χ1n) is 16.0. The number of aryl methyl sites for hydroxylation is 1. The lowest BCUT2D eigenvalue weighted by Gasteiger charge is -2.36. The van der Waals surface area contributed by atoms with Gasteiger partial charge in [-0.1, -0.05) is 39.3 Å². The fourth-order valence-corrected chi connectivity index (χ4v) is 7.37. The highest BCUT2D eigenvalue weighted by Crippen LogP contribution is 2.43. The predicted octanol–water partition coefficient (Wildman–Crippen LogP) is 7.30. The van der Waals surface area contributed by atoms with Gasteiger partial charge in [0.2, 0.25) is 0 Å². The number of likely N-dealkylation sites (tertiary alicyclic amines) is 2. The van der Waals surface area contributed by atoms with Crippen LogP contribution in [0.3, 0.4) is 0 Å². The number of fused-ring (bicyclic) bond motifs is 2. The van der Waals surface area contributed by atoms with Gasteiger partial charge in [-0.15, -0.1) is 0 Å². The molecule has 218 valence electrons. The zero-order valence-corrected chi connectivity index (χ0v) is 25.7. The van der Waals surface area contributed by atoms with Crippen LogP contribution in [0.1, 0.15) is 92.5 Å². The molecule has 6 nitrogen and oxygen atoms in total. The Labute approximate surface area is 246 Å². The first-order valence-corrected chi connectivity index (χ1v) is 16.0. The molecule has 0 atom stereocenters. The van der Waals surface area contributed by atoms with Crippen LogP contribution in [0.5, 0.6) is 0 Å². The summed E-state index contributed by atoms with van der Waals surface area (Å²) in [5, 5.41) is 8.23. The molecule has 41 heavy (non-hydrogen) atoms. The molecule has 6 heteroatoms. The summed E-state index contributed by atoms with van der Waals surface area (Å²) in [7, 11) is 0. The number of nitrogens with one attached hydrogen (secondary N) is 1. The molecular weight excluding hydrogens is 504 g/mol. The number of piperidine rings is 1. The molecule has 0 saturated carbocycles. The Balaban J connectivity index is 1.19. The molecule has 3 aliphatic rings. The molecule has 0 radical (unpaired) electrons. The molecule has 1 aromatic carbocycles. The summed E-state index contributed by atoms with van der Waals surface area (Å²) in [6.45, 7) is 20.4. The van der Waals surface area contributed by atoms with Crippen LogP contribution in [0.2, 0.25) is 0 Å². The van der Waals surface area contributed by atoms with Crippen LogP contribution in [-0.2, 0) is 0 Å². The Kier molecular flexibility index (Phi) is 8.21. The smallest absolute Gasteiger partial charge is 0.158 e. The summed E-state index contributed by atoms with van der Waals surface area (Å²) in [5.74, 6) is 1.02. The van der Waals surface area contributed by atoms with E-state index in [2.05, 4.69) is 83.9 Å². The van der Waals surface area contributed by atoms with E-state index in [-0.39, 0.29) is 0 Å². The van der Waals surface area contributed by atoms with Crippen molar-refractivity contribution >= 4 is 22.5 Å². The van der Waals surface area contributed by atoms with Crippen molar-refractivity contribution < 1.29 is 0 Å². The maximum Gasteiger partial charge on any atom is 0.158 e. The van der Waals surface area contributed by atoms with E-state index in [0.717, 1.165) is 31.7 Å². The van der Waals surface area contributed by atoms with Gasteiger partial charge in [0, 0.05) is 54.9 Å². The molecule has 3 aliphatic heterocycles. The number of anilines is 1. The van der Waals surface area contributed by atoms with Gasteiger partial charge in [0.1, 0.15) is 6.33 Å². The van der Waals surface area contributed by atoms with Crippen LogP contribution >= 0.6 is 0 Å². The van der Waals surface area contributed by atoms with Gasteiger partial charge in [-0.05, 0) is 111 Å². The molecule has 0 amide bonds. The molecule has 0 spiro atoms. The number of pyridine rings is 1. The van der Waals surface area contributed by atoms with Crippen molar-refractivity contribution in [2.24, 2.45) is 5.92 Å². The van der Waals surface area contributed by atoms with Crippen LogP contribution in [0, 0.1) is 19.8 Å². The zero-order chi connectivity index (χ0) is 28.5. The second-order valence-corrected chi connectivity index (χ2v) is 12.9. The third kappa shape index (κ3) is 5.68. The highest BCUT2D eigenvalue weighted by atomic mass is 15.3. The molecular formula is C35H48N6. The van der Waals surface area contributed by atoms with E-state index >= 15 is 0 Å². The van der Waals surface area contributed by atoms with E-state index in [0.29, 0.717) is 11.8 Å². The SMILES string of the molecule is C=C(CCN1CCCCCC1)N1CCC(c2ccc3c(c2)C(C(C)C)=C(c2cn4ncnc4c(C)c2C)CN3)CC1. The molecule has 2 aromatic heterocycles. The Bertz CT molecular complexity index is 1430. The lowest BCUT2D eigenvalue weighted by molar-refractivity contribution is 0.236. The van der Waals surface area contributed by atoms with Crippen molar-refractivity contribution in [3.05, 3.63) is 70.8 Å². The number of benzene rings is 1. The molecule has 6 rings (SSSR count). The van der Waals surface area contributed by atoms with Gasteiger partial charge >= 0.3 is 0 Å². The zero-order valence-electron chi connectivity index (χ0n) is 25.7. The molecule has 3 aromatic rings. The Morgan fingerprint density at radius 3 is 2.49 bits per heavy atom. The van der Waals surface area contributed by atoms with Gasteiger partial charge in [-0.25, -0.2) is 9.50 Å². The van der Waals surface area contributed by atoms with Gasteiger partial charge in [-0.3, -0.25) is 0 Å². The Hall–Kier alpha value is -3.12. The van der Waals surface area contributed by atoms with Gasteiger partial charge < -0.3 is 15.1 Å². The summed E-state index contributed by atoms with van der Waals surface area (Å²) in [5.41, 5.74) is 13.0. The second-order valence-electron chi connectivity index (χ2n) is 12.9. The largest absolute Gasteiger partial charge is 0.380 e. The van der Waals surface area contributed by atoms with E-state index < -0.39 is 0 Å². The second kappa shape index (κ2) is 12.0. The summed E-state index contributed by atoms with van der Waals surface area (Å²) < 4.78 is 1.93. The molecule has 0 unspecified atom stereocenters. The quantitative estimate of drug-likeness (QED) is 0.333. The number of nitrogens with zero attached hydrogens (tertiary/aromatic N) is 5.